The number of rotatable bonds is 5. The van der Waals surface area contributed by atoms with Crippen LogP contribution < -0.4 is 5.32 Å². The van der Waals surface area contributed by atoms with Crippen molar-refractivity contribution in [1.29, 1.82) is 0 Å². The van der Waals surface area contributed by atoms with E-state index in [9.17, 15) is 14.4 Å². The maximum absolute atomic E-state index is 12.2. The summed E-state index contributed by atoms with van der Waals surface area (Å²) in [7, 11) is 1.30. The highest BCUT2D eigenvalue weighted by Crippen LogP contribution is 2.32. The van der Waals surface area contributed by atoms with Gasteiger partial charge < -0.3 is 15.0 Å². The first-order valence-corrected chi connectivity index (χ1v) is 7.11. The topological polar surface area (TPSA) is 75.7 Å². The van der Waals surface area contributed by atoms with Gasteiger partial charge in [-0.2, -0.15) is 0 Å². The molecule has 2 atom stereocenters. The summed E-state index contributed by atoms with van der Waals surface area (Å²) in [6.07, 6.45) is 2.32. The van der Waals surface area contributed by atoms with Gasteiger partial charge >= 0.3 is 5.97 Å². The molecule has 1 aliphatic heterocycles. The van der Waals surface area contributed by atoms with Gasteiger partial charge in [0, 0.05) is 19.0 Å². The van der Waals surface area contributed by atoms with Crippen LogP contribution in [0.2, 0.25) is 0 Å². The van der Waals surface area contributed by atoms with Gasteiger partial charge in [0.25, 0.3) is 0 Å². The molecule has 6 heteroatoms. The highest BCUT2D eigenvalue weighted by molar-refractivity contribution is 5.91. The van der Waals surface area contributed by atoms with Crippen molar-refractivity contribution in [2.45, 2.75) is 45.2 Å². The number of carbonyl (C=O) groups is 3. The molecule has 1 heterocycles. The summed E-state index contributed by atoms with van der Waals surface area (Å²) in [5.74, 6) is -1.04. The number of nitrogens with one attached hydrogen (secondary N) is 1. The van der Waals surface area contributed by atoms with Crippen LogP contribution in [0.15, 0.2) is 0 Å². The molecule has 1 aliphatic carbocycles. The number of likely N-dealkylation sites (tertiary alicyclic amines) is 1. The SMILES string of the molecule is COC(=O)C(NC(=O)C1CC(=O)N(C2CC2)C1)C(C)C. The second-order valence-electron chi connectivity index (χ2n) is 5.93. The van der Waals surface area contributed by atoms with E-state index in [-0.39, 0.29) is 30.1 Å². The summed E-state index contributed by atoms with van der Waals surface area (Å²) >= 11 is 0. The highest BCUT2D eigenvalue weighted by Gasteiger charge is 2.42. The van der Waals surface area contributed by atoms with Gasteiger partial charge in [0.1, 0.15) is 6.04 Å². The Kier molecular flexibility index (Phi) is 4.30. The Balaban J connectivity index is 1.94. The largest absolute Gasteiger partial charge is 0.467 e. The van der Waals surface area contributed by atoms with Crippen molar-refractivity contribution in [1.82, 2.24) is 10.2 Å². The lowest BCUT2D eigenvalue weighted by atomic mass is 10.0. The number of carbonyl (C=O) groups excluding carboxylic acids is 3. The first kappa shape index (κ1) is 14.8. The van der Waals surface area contributed by atoms with Crippen LogP contribution in [0, 0.1) is 11.8 Å². The van der Waals surface area contributed by atoms with Crippen molar-refractivity contribution in [3.8, 4) is 0 Å². The fourth-order valence-corrected chi connectivity index (χ4v) is 2.54. The van der Waals surface area contributed by atoms with Crippen LogP contribution in [0.5, 0.6) is 0 Å². The van der Waals surface area contributed by atoms with Crippen molar-refractivity contribution in [3.63, 3.8) is 0 Å². The van der Waals surface area contributed by atoms with E-state index < -0.39 is 12.0 Å². The molecule has 6 nitrogen and oxygen atoms in total. The summed E-state index contributed by atoms with van der Waals surface area (Å²) in [5, 5.41) is 2.72. The second kappa shape index (κ2) is 5.81. The third-order valence-electron chi connectivity index (χ3n) is 3.94. The van der Waals surface area contributed by atoms with E-state index in [2.05, 4.69) is 5.32 Å². The number of methoxy groups -OCH3 is 1. The van der Waals surface area contributed by atoms with Crippen LogP contribution in [0.1, 0.15) is 33.1 Å². The zero-order valence-electron chi connectivity index (χ0n) is 12.2. The van der Waals surface area contributed by atoms with Gasteiger partial charge in [0.05, 0.1) is 13.0 Å². The number of amides is 2. The molecule has 0 aromatic rings. The van der Waals surface area contributed by atoms with Gasteiger partial charge in [-0.15, -0.1) is 0 Å². The Morgan fingerprint density at radius 1 is 1.35 bits per heavy atom. The molecule has 1 saturated carbocycles. The van der Waals surface area contributed by atoms with Gasteiger partial charge in [-0.3, -0.25) is 9.59 Å². The predicted octanol–water partition coefficient (Wildman–Crippen LogP) is 0.311. The average molecular weight is 282 g/mol. The summed E-state index contributed by atoms with van der Waals surface area (Å²) in [6, 6.07) is -0.320. The molecule has 0 aromatic heterocycles. The van der Waals surface area contributed by atoms with Gasteiger partial charge in [0.2, 0.25) is 11.8 Å². The minimum absolute atomic E-state index is 0.0480. The fraction of sp³-hybridized carbons (Fsp3) is 0.786. The predicted molar refractivity (Wildman–Crippen MR) is 71.6 cm³/mol. The molecule has 2 aliphatic rings. The quantitative estimate of drug-likeness (QED) is 0.736. The van der Waals surface area contributed by atoms with E-state index in [0.717, 1.165) is 12.8 Å². The Morgan fingerprint density at radius 2 is 2.00 bits per heavy atom. The molecule has 112 valence electrons. The molecular weight excluding hydrogens is 260 g/mol. The van der Waals surface area contributed by atoms with Crippen LogP contribution in [0.25, 0.3) is 0 Å². The summed E-state index contributed by atoms with van der Waals surface area (Å²) in [4.78, 5) is 37.5. The van der Waals surface area contributed by atoms with Crippen LogP contribution >= 0.6 is 0 Å². The lowest BCUT2D eigenvalue weighted by Gasteiger charge is -2.22. The van der Waals surface area contributed by atoms with E-state index in [1.54, 1.807) is 4.90 Å². The van der Waals surface area contributed by atoms with E-state index in [0.29, 0.717) is 12.6 Å². The van der Waals surface area contributed by atoms with Crippen LogP contribution in [-0.4, -0.2) is 48.4 Å². The molecule has 1 saturated heterocycles. The number of esters is 1. The molecule has 0 bridgehead atoms. The molecule has 20 heavy (non-hydrogen) atoms. The highest BCUT2D eigenvalue weighted by atomic mass is 16.5. The number of ether oxygens (including phenoxy) is 1. The standard InChI is InChI=1S/C14H22N2O4/c1-8(2)12(14(19)20-3)15-13(18)9-6-11(17)16(7-9)10-4-5-10/h8-10,12H,4-7H2,1-3H3,(H,15,18). The van der Waals surface area contributed by atoms with E-state index in [1.165, 1.54) is 7.11 Å². The van der Waals surface area contributed by atoms with Crippen molar-refractivity contribution < 1.29 is 19.1 Å². The molecule has 2 rings (SSSR count). The fourth-order valence-electron chi connectivity index (χ4n) is 2.54. The number of hydrogen-bond donors (Lipinski definition) is 1. The average Bonchev–Trinajstić information content (AvgIpc) is 3.17. The van der Waals surface area contributed by atoms with Crippen LogP contribution in [-0.2, 0) is 19.1 Å². The first-order chi connectivity index (χ1) is 9.43. The maximum Gasteiger partial charge on any atom is 0.328 e. The minimum Gasteiger partial charge on any atom is -0.467 e. The van der Waals surface area contributed by atoms with E-state index in [4.69, 9.17) is 4.74 Å². The molecule has 0 aromatic carbocycles. The Hall–Kier alpha value is -1.59. The van der Waals surface area contributed by atoms with Crippen molar-refractivity contribution in [3.05, 3.63) is 0 Å². The molecule has 1 N–H and O–H groups in total. The van der Waals surface area contributed by atoms with Crippen molar-refractivity contribution in [2.75, 3.05) is 13.7 Å². The molecule has 2 fully saturated rings. The van der Waals surface area contributed by atoms with Crippen LogP contribution in [0.3, 0.4) is 0 Å². The van der Waals surface area contributed by atoms with Gasteiger partial charge in [0.15, 0.2) is 0 Å². The minimum atomic E-state index is -0.655. The smallest absolute Gasteiger partial charge is 0.328 e. The lowest BCUT2D eigenvalue weighted by molar-refractivity contribution is -0.146. The normalized spacial score (nSPS) is 23.9. The summed E-state index contributed by atoms with van der Waals surface area (Å²) in [5.41, 5.74) is 0. The Labute approximate surface area is 118 Å². The Morgan fingerprint density at radius 3 is 2.50 bits per heavy atom. The Bertz CT molecular complexity index is 417. The van der Waals surface area contributed by atoms with E-state index in [1.807, 2.05) is 13.8 Å². The molecule has 2 unspecified atom stereocenters. The monoisotopic (exact) mass is 282 g/mol. The van der Waals surface area contributed by atoms with Gasteiger partial charge in [-0.25, -0.2) is 4.79 Å². The van der Waals surface area contributed by atoms with E-state index >= 15 is 0 Å². The molecular formula is C14H22N2O4. The molecule has 2 amide bonds. The third-order valence-corrected chi connectivity index (χ3v) is 3.94. The lowest BCUT2D eigenvalue weighted by Crippen LogP contribution is -2.47. The van der Waals surface area contributed by atoms with Crippen LogP contribution in [0.4, 0.5) is 0 Å². The third kappa shape index (κ3) is 3.11. The van der Waals surface area contributed by atoms with Gasteiger partial charge in [-0.05, 0) is 18.8 Å². The second-order valence-corrected chi connectivity index (χ2v) is 5.93. The zero-order valence-corrected chi connectivity index (χ0v) is 12.2. The molecule has 0 radical (unpaired) electrons. The zero-order chi connectivity index (χ0) is 14.9. The number of nitrogens with zero attached hydrogens (tertiary/aromatic N) is 1. The summed E-state index contributed by atoms with van der Waals surface area (Å²) in [6.45, 7) is 4.16. The maximum atomic E-state index is 12.2. The van der Waals surface area contributed by atoms with Gasteiger partial charge in [-0.1, -0.05) is 13.8 Å². The van der Waals surface area contributed by atoms with Crippen molar-refractivity contribution >= 4 is 17.8 Å². The molecule has 0 spiro atoms. The number of hydrogen-bond acceptors (Lipinski definition) is 4. The van der Waals surface area contributed by atoms with Crippen molar-refractivity contribution in [2.24, 2.45) is 11.8 Å². The first-order valence-electron chi connectivity index (χ1n) is 7.11. The summed E-state index contributed by atoms with van der Waals surface area (Å²) < 4.78 is 4.70.